The van der Waals surface area contributed by atoms with Crippen LogP contribution in [0.4, 0.5) is 0 Å². The van der Waals surface area contributed by atoms with E-state index in [0.717, 1.165) is 109 Å². The van der Waals surface area contributed by atoms with Crippen molar-refractivity contribution >= 4 is 17.9 Å². The molecule has 0 aromatic rings. The fourth-order valence-electron chi connectivity index (χ4n) is 6.13. The van der Waals surface area contributed by atoms with Gasteiger partial charge in [0.1, 0.15) is 13.2 Å². The van der Waals surface area contributed by atoms with Gasteiger partial charge in [0.25, 0.3) is 0 Å². The Bertz CT molecular complexity index is 1160. The van der Waals surface area contributed by atoms with Gasteiger partial charge in [-0.25, -0.2) is 0 Å². The molecule has 0 saturated carbocycles. The van der Waals surface area contributed by atoms with Crippen LogP contribution in [0.15, 0.2) is 85.1 Å². The number of allylic oxidation sites excluding steroid dienone is 14. The molecule has 0 aliphatic rings. The van der Waals surface area contributed by atoms with E-state index in [4.69, 9.17) is 14.2 Å². The second-order valence-corrected chi connectivity index (χ2v) is 15.4. The summed E-state index contributed by atoms with van der Waals surface area (Å²) >= 11 is 0. The van der Waals surface area contributed by atoms with Crippen LogP contribution in [-0.4, -0.2) is 37.2 Å². The SMILES string of the molecule is CC\C=C/C=C\C=C/C=C\CCCCCCCC(=O)OCC(COC(=O)CCCCC/C=C\C=C/CCCC)OC(=O)CCCCC/C=C\CCCCCCCCC. The van der Waals surface area contributed by atoms with Gasteiger partial charge in [0.15, 0.2) is 6.10 Å². The van der Waals surface area contributed by atoms with Crippen LogP contribution in [0.3, 0.4) is 0 Å². The molecule has 0 bridgehead atoms. The number of unbranched alkanes of at least 4 members (excludes halogenated alkanes) is 20. The Labute approximate surface area is 356 Å². The molecule has 0 rings (SSSR count). The molecule has 0 aliphatic carbocycles. The smallest absolute Gasteiger partial charge is 0.306 e. The third-order valence-electron chi connectivity index (χ3n) is 9.73. The average Bonchev–Trinajstić information content (AvgIpc) is 3.22. The summed E-state index contributed by atoms with van der Waals surface area (Å²) in [5, 5.41) is 0. The number of ether oxygens (including phenoxy) is 3. The van der Waals surface area contributed by atoms with Crippen LogP contribution in [0, 0.1) is 0 Å². The number of hydrogen-bond donors (Lipinski definition) is 0. The molecular weight excluding hydrogens is 721 g/mol. The molecule has 0 amide bonds. The van der Waals surface area contributed by atoms with Gasteiger partial charge < -0.3 is 14.2 Å². The van der Waals surface area contributed by atoms with Gasteiger partial charge in [-0.05, 0) is 83.5 Å². The van der Waals surface area contributed by atoms with Gasteiger partial charge in [0.2, 0.25) is 0 Å². The Kier molecular flexibility index (Phi) is 43.6. The van der Waals surface area contributed by atoms with Crippen LogP contribution < -0.4 is 0 Å². The molecule has 0 aromatic carbocycles. The number of esters is 3. The lowest BCUT2D eigenvalue weighted by Gasteiger charge is -2.18. The van der Waals surface area contributed by atoms with Crippen molar-refractivity contribution in [2.24, 2.45) is 0 Å². The van der Waals surface area contributed by atoms with E-state index in [-0.39, 0.29) is 31.1 Å². The Morgan fingerprint density at radius 2 is 0.707 bits per heavy atom. The van der Waals surface area contributed by atoms with Crippen molar-refractivity contribution in [3.8, 4) is 0 Å². The monoisotopic (exact) mass is 807 g/mol. The Morgan fingerprint density at radius 1 is 0.362 bits per heavy atom. The fourth-order valence-corrected chi connectivity index (χ4v) is 6.13. The van der Waals surface area contributed by atoms with Crippen LogP contribution >= 0.6 is 0 Å². The molecule has 0 spiro atoms. The fraction of sp³-hybridized carbons (Fsp3) is 0.673. The third-order valence-corrected chi connectivity index (χ3v) is 9.73. The van der Waals surface area contributed by atoms with E-state index in [9.17, 15) is 14.4 Å². The molecule has 1 unspecified atom stereocenters. The largest absolute Gasteiger partial charge is 0.462 e. The maximum atomic E-state index is 12.7. The van der Waals surface area contributed by atoms with Gasteiger partial charge in [-0.2, -0.15) is 0 Å². The summed E-state index contributed by atoms with van der Waals surface area (Å²) < 4.78 is 16.7. The summed E-state index contributed by atoms with van der Waals surface area (Å²) in [6.07, 6.45) is 58.5. The Morgan fingerprint density at radius 3 is 1.19 bits per heavy atom. The zero-order chi connectivity index (χ0) is 42.3. The lowest BCUT2D eigenvalue weighted by atomic mass is 10.1. The zero-order valence-corrected chi connectivity index (χ0v) is 37.5. The third kappa shape index (κ3) is 43.7. The number of carbonyl (C=O) groups excluding carboxylic acids is 3. The predicted octanol–water partition coefficient (Wildman–Crippen LogP) is 15.3. The van der Waals surface area contributed by atoms with Crippen molar-refractivity contribution < 1.29 is 28.6 Å². The quantitative estimate of drug-likeness (QED) is 0.0201. The minimum absolute atomic E-state index is 0.105. The molecule has 0 fully saturated rings. The van der Waals surface area contributed by atoms with Crippen LogP contribution in [0.2, 0.25) is 0 Å². The van der Waals surface area contributed by atoms with Gasteiger partial charge in [-0.3, -0.25) is 14.4 Å². The molecule has 330 valence electrons. The lowest BCUT2D eigenvalue weighted by Crippen LogP contribution is -2.30. The first-order valence-electron chi connectivity index (χ1n) is 23.7. The number of carbonyl (C=O) groups is 3. The van der Waals surface area contributed by atoms with Gasteiger partial charge in [-0.15, -0.1) is 0 Å². The second kappa shape index (κ2) is 46.3. The first kappa shape index (κ1) is 54.6. The zero-order valence-electron chi connectivity index (χ0n) is 37.5. The van der Waals surface area contributed by atoms with Crippen molar-refractivity contribution in [2.75, 3.05) is 13.2 Å². The van der Waals surface area contributed by atoms with E-state index < -0.39 is 6.10 Å². The first-order chi connectivity index (χ1) is 28.5. The maximum Gasteiger partial charge on any atom is 0.306 e. The van der Waals surface area contributed by atoms with Crippen molar-refractivity contribution in [2.45, 2.75) is 213 Å². The van der Waals surface area contributed by atoms with E-state index in [2.05, 4.69) is 81.5 Å². The highest BCUT2D eigenvalue weighted by atomic mass is 16.6. The Hall–Kier alpha value is -3.41. The maximum absolute atomic E-state index is 12.7. The molecule has 0 radical (unpaired) electrons. The molecule has 1 atom stereocenters. The highest BCUT2D eigenvalue weighted by Gasteiger charge is 2.19. The second-order valence-electron chi connectivity index (χ2n) is 15.4. The first-order valence-corrected chi connectivity index (χ1v) is 23.7. The predicted molar refractivity (Wildman–Crippen MR) is 247 cm³/mol. The standard InChI is InChI=1S/C52H86O6/c1-4-7-10-13-16-19-22-24-26-28-30-33-36-39-42-45-51(54)57-48-49(47-56-50(53)44-41-38-35-32-29-21-18-15-12-9-6-3)58-52(55)46-43-40-37-34-31-27-25-23-20-17-14-11-8-5-2/h7,10,13,15-16,18-19,21-22,24,26-27,29,31,49H,4-6,8-9,11-12,14,17,20,23,25,28,30,32-48H2,1-3H3/b10-7-,16-13-,18-15-,22-19-,26-24-,29-21-,31-27-. The van der Waals surface area contributed by atoms with E-state index in [0.29, 0.717) is 19.3 Å². The van der Waals surface area contributed by atoms with E-state index >= 15 is 0 Å². The summed E-state index contributed by atoms with van der Waals surface area (Å²) in [5.41, 5.74) is 0. The van der Waals surface area contributed by atoms with Gasteiger partial charge >= 0.3 is 17.9 Å². The molecule has 0 aromatic heterocycles. The summed E-state index contributed by atoms with van der Waals surface area (Å²) in [7, 11) is 0. The summed E-state index contributed by atoms with van der Waals surface area (Å²) in [4.78, 5) is 37.8. The minimum atomic E-state index is -0.803. The summed E-state index contributed by atoms with van der Waals surface area (Å²) in [6.45, 7) is 6.36. The highest BCUT2D eigenvalue weighted by molar-refractivity contribution is 5.71. The van der Waals surface area contributed by atoms with Crippen LogP contribution in [-0.2, 0) is 28.6 Å². The number of rotatable bonds is 41. The summed E-state index contributed by atoms with van der Waals surface area (Å²) in [6, 6.07) is 0. The molecule has 0 saturated heterocycles. The van der Waals surface area contributed by atoms with E-state index in [1.807, 2.05) is 24.3 Å². The van der Waals surface area contributed by atoms with Crippen LogP contribution in [0.5, 0.6) is 0 Å². The average molecular weight is 807 g/mol. The molecule has 0 aliphatic heterocycles. The highest BCUT2D eigenvalue weighted by Crippen LogP contribution is 2.13. The Balaban J connectivity index is 4.49. The van der Waals surface area contributed by atoms with Crippen LogP contribution in [0.25, 0.3) is 0 Å². The van der Waals surface area contributed by atoms with Gasteiger partial charge in [0, 0.05) is 19.3 Å². The van der Waals surface area contributed by atoms with Gasteiger partial charge in [-0.1, -0.05) is 189 Å². The van der Waals surface area contributed by atoms with Crippen molar-refractivity contribution in [3.05, 3.63) is 85.1 Å². The molecular formula is C52H86O6. The molecule has 0 heterocycles. The van der Waals surface area contributed by atoms with Crippen molar-refractivity contribution in [1.29, 1.82) is 0 Å². The lowest BCUT2D eigenvalue weighted by molar-refractivity contribution is -0.167. The number of hydrogen-bond acceptors (Lipinski definition) is 6. The normalized spacial score (nSPS) is 12.8. The van der Waals surface area contributed by atoms with Crippen molar-refractivity contribution in [3.63, 3.8) is 0 Å². The minimum Gasteiger partial charge on any atom is -0.462 e. The summed E-state index contributed by atoms with van der Waals surface area (Å²) in [5.74, 6) is -0.976. The van der Waals surface area contributed by atoms with E-state index in [1.165, 1.54) is 57.8 Å². The topological polar surface area (TPSA) is 78.9 Å². The molecule has 6 heteroatoms. The molecule has 6 nitrogen and oxygen atoms in total. The van der Waals surface area contributed by atoms with Crippen molar-refractivity contribution in [1.82, 2.24) is 0 Å². The molecule has 0 N–H and O–H groups in total. The van der Waals surface area contributed by atoms with E-state index in [1.54, 1.807) is 0 Å². The van der Waals surface area contributed by atoms with Crippen LogP contribution in [0.1, 0.15) is 207 Å². The van der Waals surface area contributed by atoms with Gasteiger partial charge in [0.05, 0.1) is 0 Å². The molecule has 58 heavy (non-hydrogen) atoms.